The summed E-state index contributed by atoms with van der Waals surface area (Å²) in [5, 5.41) is 19.6. The molecule has 0 saturated carbocycles. The molecule has 0 aliphatic heterocycles. The smallest absolute Gasteiger partial charge is 0.325 e. The van der Waals surface area contributed by atoms with Crippen molar-refractivity contribution in [1.82, 2.24) is 5.32 Å². The van der Waals surface area contributed by atoms with Gasteiger partial charge in [-0.15, -0.1) is 0 Å². The van der Waals surface area contributed by atoms with E-state index in [-0.39, 0.29) is 0 Å². The topological polar surface area (TPSA) is 90.2 Å². The minimum absolute atomic E-state index is 0.412. The molecule has 21 heavy (non-hydrogen) atoms. The number of carboxylic acid groups (broad SMARTS) is 1. The zero-order valence-electron chi connectivity index (χ0n) is 11.9. The predicted octanol–water partition coefficient (Wildman–Crippen LogP) is 2.60. The predicted molar refractivity (Wildman–Crippen MR) is 79.5 cm³/mol. The first-order valence-electron chi connectivity index (χ1n) is 6.72. The summed E-state index contributed by atoms with van der Waals surface area (Å²) in [6, 6.07) is 8.09. The Labute approximate surface area is 123 Å². The first-order chi connectivity index (χ1) is 10.0. The van der Waals surface area contributed by atoms with Crippen molar-refractivity contribution < 1.29 is 14.7 Å². The van der Waals surface area contributed by atoms with Gasteiger partial charge in [0, 0.05) is 12.0 Å². The molecule has 0 spiro atoms. The highest BCUT2D eigenvalue weighted by Gasteiger charge is 2.14. The van der Waals surface area contributed by atoms with E-state index in [2.05, 4.69) is 11.4 Å². The van der Waals surface area contributed by atoms with Crippen LogP contribution in [0.25, 0.3) is 6.08 Å². The number of nitrogens with one attached hydrogen (secondary N) is 1. The molecule has 0 fully saturated rings. The molecule has 1 aromatic carbocycles. The monoisotopic (exact) mass is 286 g/mol. The summed E-state index contributed by atoms with van der Waals surface area (Å²) in [5.74, 6) is -1.48. The van der Waals surface area contributed by atoms with Crippen LogP contribution in [0.2, 0.25) is 0 Å². The fourth-order valence-electron chi connectivity index (χ4n) is 1.64. The minimum Gasteiger partial charge on any atom is -0.480 e. The van der Waals surface area contributed by atoms with Crippen molar-refractivity contribution >= 4 is 18.0 Å². The highest BCUT2D eigenvalue weighted by atomic mass is 16.4. The first-order valence-corrected chi connectivity index (χ1v) is 6.72. The molecule has 0 heterocycles. The summed E-state index contributed by atoms with van der Waals surface area (Å²) in [4.78, 5) is 22.6. The van der Waals surface area contributed by atoms with Crippen molar-refractivity contribution in [1.29, 1.82) is 5.26 Å². The van der Waals surface area contributed by atoms with E-state index < -0.39 is 17.9 Å². The molecular weight excluding hydrogens is 268 g/mol. The molecule has 1 aromatic rings. The van der Waals surface area contributed by atoms with Crippen LogP contribution in [0.5, 0.6) is 0 Å². The van der Waals surface area contributed by atoms with Gasteiger partial charge in [-0.05, 0) is 37.5 Å². The van der Waals surface area contributed by atoms with E-state index in [9.17, 15) is 9.59 Å². The molecule has 0 radical (unpaired) electrons. The number of carbonyl (C=O) groups excluding carboxylic acids is 1. The van der Waals surface area contributed by atoms with Crippen LogP contribution in [0.15, 0.2) is 30.3 Å². The van der Waals surface area contributed by atoms with Gasteiger partial charge in [0.25, 0.3) is 5.91 Å². The average molecular weight is 286 g/mol. The molecular formula is C16H18N2O3. The molecule has 0 bridgehead atoms. The van der Waals surface area contributed by atoms with Crippen LogP contribution in [-0.4, -0.2) is 23.0 Å². The van der Waals surface area contributed by atoms with Crippen LogP contribution in [0.3, 0.4) is 0 Å². The number of hydrogen-bond donors (Lipinski definition) is 2. The van der Waals surface area contributed by atoms with Crippen molar-refractivity contribution in [2.45, 2.75) is 32.2 Å². The molecule has 1 unspecified atom stereocenters. The molecule has 1 rings (SSSR count). The van der Waals surface area contributed by atoms with E-state index >= 15 is 0 Å². The van der Waals surface area contributed by atoms with Crippen LogP contribution in [0, 0.1) is 11.3 Å². The van der Waals surface area contributed by atoms with E-state index in [0.717, 1.165) is 18.4 Å². The molecule has 1 amide bonds. The van der Waals surface area contributed by atoms with Gasteiger partial charge in [-0.2, -0.15) is 5.26 Å². The van der Waals surface area contributed by atoms with Gasteiger partial charge in [0.15, 0.2) is 0 Å². The third-order valence-electron chi connectivity index (χ3n) is 2.84. The van der Waals surface area contributed by atoms with Crippen LogP contribution in [0.1, 0.15) is 42.1 Å². The van der Waals surface area contributed by atoms with E-state index in [1.165, 1.54) is 6.92 Å². The van der Waals surface area contributed by atoms with Crippen molar-refractivity contribution in [2.24, 2.45) is 0 Å². The van der Waals surface area contributed by atoms with Crippen molar-refractivity contribution in [3.8, 4) is 6.07 Å². The number of aliphatic carboxylic acids is 1. The standard InChI is InChI=1S/C16H18N2O3/c1-12(16(20)21)18-15(19)14-9-6-8-13(11-14)7-4-2-3-5-10-17/h4,6-9,11-12H,2-3,5H2,1H3,(H,18,19)(H,20,21)/b7-4+. The number of unbranched alkanes of at least 4 members (excludes halogenated alkanes) is 2. The number of carbonyl (C=O) groups is 2. The quantitative estimate of drug-likeness (QED) is 0.754. The third kappa shape index (κ3) is 5.91. The lowest BCUT2D eigenvalue weighted by Gasteiger charge is -2.09. The van der Waals surface area contributed by atoms with Gasteiger partial charge in [0.05, 0.1) is 6.07 Å². The number of allylic oxidation sites excluding steroid dienone is 1. The SMILES string of the molecule is CC(NC(=O)c1cccc(/C=C/CCCC#N)c1)C(=O)O. The fraction of sp³-hybridized carbons (Fsp3) is 0.312. The molecule has 110 valence electrons. The lowest BCUT2D eigenvalue weighted by Crippen LogP contribution is -2.38. The number of amides is 1. The Morgan fingerprint density at radius 3 is 2.90 bits per heavy atom. The second-order valence-electron chi connectivity index (χ2n) is 4.61. The summed E-state index contributed by atoms with van der Waals surface area (Å²) in [6.45, 7) is 1.42. The first kappa shape index (κ1) is 16.4. The number of nitriles is 1. The Balaban J connectivity index is 2.65. The molecule has 2 N–H and O–H groups in total. The van der Waals surface area contributed by atoms with Gasteiger partial charge >= 0.3 is 5.97 Å². The largest absolute Gasteiger partial charge is 0.480 e. The van der Waals surface area contributed by atoms with Crippen molar-refractivity contribution in [3.05, 3.63) is 41.5 Å². The second-order valence-corrected chi connectivity index (χ2v) is 4.61. The molecule has 5 nitrogen and oxygen atoms in total. The minimum atomic E-state index is -1.07. The summed E-state index contributed by atoms with van der Waals surface area (Å²) < 4.78 is 0. The van der Waals surface area contributed by atoms with Gasteiger partial charge in [0.1, 0.15) is 6.04 Å². The van der Waals surface area contributed by atoms with Gasteiger partial charge in [-0.3, -0.25) is 9.59 Å². The Hall–Kier alpha value is -2.61. The third-order valence-corrected chi connectivity index (χ3v) is 2.84. The Bertz CT molecular complexity index is 573. The second kappa shape index (κ2) is 8.54. The normalized spacial score (nSPS) is 11.8. The maximum atomic E-state index is 11.9. The van der Waals surface area contributed by atoms with Crippen molar-refractivity contribution in [3.63, 3.8) is 0 Å². The van der Waals surface area contributed by atoms with Gasteiger partial charge in [-0.25, -0.2) is 0 Å². The van der Waals surface area contributed by atoms with E-state index in [1.54, 1.807) is 18.2 Å². The Morgan fingerprint density at radius 1 is 1.48 bits per heavy atom. The Kier molecular flexibility index (Phi) is 6.69. The molecule has 0 aliphatic carbocycles. The fourth-order valence-corrected chi connectivity index (χ4v) is 1.64. The van der Waals surface area contributed by atoms with Crippen LogP contribution in [0.4, 0.5) is 0 Å². The molecule has 1 atom stereocenters. The zero-order valence-corrected chi connectivity index (χ0v) is 11.9. The van der Waals surface area contributed by atoms with E-state index in [4.69, 9.17) is 10.4 Å². The van der Waals surface area contributed by atoms with E-state index in [0.29, 0.717) is 12.0 Å². The molecule has 5 heteroatoms. The number of benzene rings is 1. The molecule has 0 saturated heterocycles. The highest BCUT2D eigenvalue weighted by molar-refractivity contribution is 5.96. The number of carboxylic acids is 1. The van der Waals surface area contributed by atoms with Crippen LogP contribution in [-0.2, 0) is 4.79 Å². The maximum Gasteiger partial charge on any atom is 0.325 e. The maximum absolute atomic E-state index is 11.9. The number of hydrogen-bond acceptors (Lipinski definition) is 3. The zero-order chi connectivity index (χ0) is 15.7. The Morgan fingerprint density at radius 2 is 2.24 bits per heavy atom. The van der Waals surface area contributed by atoms with Crippen molar-refractivity contribution in [2.75, 3.05) is 0 Å². The molecule has 0 aliphatic rings. The van der Waals surface area contributed by atoms with Crippen LogP contribution >= 0.6 is 0 Å². The van der Waals surface area contributed by atoms with E-state index in [1.807, 2.05) is 18.2 Å². The highest BCUT2D eigenvalue weighted by Crippen LogP contribution is 2.09. The van der Waals surface area contributed by atoms with Gasteiger partial charge in [-0.1, -0.05) is 24.3 Å². The number of rotatable bonds is 7. The summed E-state index contributed by atoms with van der Waals surface area (Å²) in [7, 11) is 0. The summed E-state index contributed by atoms with van der Waals surface area (Å²) in [5.41, 5.74) is 1.28. The summed E-state index contributed by atoms with van der Waals surface area (Å²) in [6.07, 6.45) is 5.98. The molecule has 0 aromatic heterocycles. The van der Waals surface area contributed by atoms with Crippen LogP contribution < -0.4 is 5.32 Å². The lowest BCUT2D eigenvalue weighted by atomic mass is 10.1. The van der Waals surface area contributed by atoms with Gasteiger partial charge in [0.2, 0.25) is 0 Å². The lowest BCUT2D eigenvalue weighted by molar-refractivity contribution is -0.138. The number of nitrogens with zero attached hydrogens (tertiary/aromatic N) is 1. The van der Waals surface area contributed by atoms with Gasteiger partial charge < -0.3 is 10.4 Å². The average Bonchev–Trinajstić information content (AvgIpc) is 2.47. The summed E-state index contributed by atoms with van der Waals surface area (Å²) >= 11 is 0.